The minimum atomic E-state index is -0.434. The lowest BCUT2D eigenvalue weighted by molar-refractivity contribution is -0.118. The van der Waals surface area contributed by atoms with Crippen molar-refractivity contribution in [3.8, 4) is 5.75 Å². The van der Waals surface area contributed by atoms with Gasteiger partial charge in [-0.3, -0.25) is 4.79 Å². The molecule has 1 heterocycles. The van der Waals surface area contributed by atoms with Gasteiger partial charge in [-0.15, -0.1) is 0 Å². The van der Waals surface area contributed by atoms with Crippen molar-refractivity contribution in [3.63, 3.8) is 0 Å². The maximum Gasteiger partial charge on any atom is 0.226 e. The van der Waals surface area contributed by atoms with Crippen molar-refractivity contribution in [2.24, 2.45) is 0 Å². The number of benzene rings is 1. The van der Waals surface area contributed by atoms with E-state index in [0.717, 1.165) is 38.7 Å². The Morgan fingerprint density at radius 2 is 2.19 bits per heavy atom. The van der Waals surface area contributed by atoms with Crippen LogP contribution in [-0.2, 0) is 9.53 Å². The van der Waals surface area contributed by atoms with Gasteiger partial charge >= 0.3 is 0 Å². The first kappa shape index (κ1) is 14.3. The maximum atomic E-state index is 13.9. The lowest BCUT2D eigenvalue weighted by Crippen LogP contribution is -2.25. The second-order valence-corrected chi connectivity index (χ2v) is 5.70. The Morgan fingerprint density at radius 1 is 1.33 bits per heavy atom. The molecule has 114 valence electrons. The minimum absolute atomic E-state index is 0.00364. The molecule has 1 aliphatic carbocycles. The molecule has 1 aromatic rings. The summed E-state index contributed by atoms with van der Waals surface area (Å²) in [6.45, 7) is 0.722. The van der Waals surface area contributed by atoms with Crippen LogP contribution in [0.3, 0.4) is 0 Å². The average Bonchev–Trinajstić information content (AvgIpc) is 2.88. The minimum Gasteiger partial charge on any atom is -0.487 e. The highest BCUT2D eigenvalue weighted by molar-refractivity contribution is 5.91. The highest BCUT2D eigenvalue weighted by atomic mass is 19.1. The van der Waals surface area contributed by atoms with E-state index in [0.29, 0.717) is 12.1 Å². The number of rotatable bonds is 5. The molecule has 1 atom stereocenters. The van der Waals surface area contributed by atoms with Gasteiger partial charge in [-0.25, -0.2) is 4.39 Å². The van der Waals surface area contributed by atoms with Gasteiger partial charge in [0.05, 0.1) is 18.6 Å². The van der Waals surface area contributed by atoms with Crippen LogP contribution in [0.4, 0.5) is 10.1 Å². The molecule has 1 N–H and O–H groups in total. The molecule has 1 saturated heterocycles. The standard InChI is InChI=1S/C16H20FNO3/c17-14-9-11(6-7-15(14)21-12-3-1-4-12)18-16(19)10-13-5-2-8-20-13/h6-7,9,12-13H,1-5,8,10H2,(H,18,19)/t13-/m0/s1. The molecule has 4 nitrogen and oxygen atoms in total. The monoisotopic (exact) mass is 293 g/mol. The van der Waals surface area contributed by atoms with Gasteiger partial charge < -0.3 is 14.8 Å². The van der Waals surface area contributed by atoms with E-state index in [9.17, 15) is 9.18 Å². The number of anilines is 1. The van der Waals surface area contributed by atoms with Gasteiger partial charge in [0.25, 0.3) is 0 Å². The van der Waals surface area contributed by atoms with Crippen LogP contribution in [0.1, 0.15) is 38.5 Å². The summed E-state index contributed by atoms with van der Waals surface area (Å²) in [5.74, 6) is -0.317. The Morgan fingerprint density at radius 3 is 2.81 bits per heavy atom. The molecule has 3 rings (SSSR count). The third-order valence-corrected chi connectivity index (χ3v) is 4.00. The molecule has 0 unspecified atom stereocenters. The molecule has 0 bridgehead atoms. The fourth-order valence-corrected chi connectivity index (χ4v) is 2.57. The predicted octanol–water partition coefficient (Wildman–Crippen LogP) is 3.26. The van der Waals surface area contributed by atoms with Crippen molar-refractivity contribution in [2.45, 2.75) is 50.7 Å². The summed E-state index contributed by atoms with van der Waals surface area (Å²) >= 11 is 0. The molecular formula is C16H20FNO3. The molecule has 21 heavy (non-hydrogen) atoms. The number of hydrogen-bond donors (Lipinski definition) is 1. The molecular weight excluding hydrogens is 273 g/mol. The van der Waals surface area contributed by atoms with E-state index in [1.165, 1.54) is 6.07 Å². The molecule has 1 saturated carbocycles. The molecule has 0 spiro atoms. The first-order chi connectivity index (χ1) is 10.2. The highest BCUT2D eigenvalue weighted by Crippen LogP contribution is 2.28. The van der Waals surface area contributed by atoms with Crippen molar-refractivity contribution in [2.75, 3.05) is 11.9 Å². The Bertz CT molecular complexity index is 510. The van der Waals surface area contributed by atoms with Crippen molar-refractivity contribution in [1.29, 1.82) is 0 Å². The van der Waals surface area contributed by atoms with Crippen LogP contribution in [0.15, 0.2) is 18.2 Å². The summed E-state index contributed by atoms with van der Waals surface area (Å²) < 4.78 is 24.9. The van der Waals surface area contributed by atoms with E-state index < -0.39 is 5.82 Å². The summed E-state index contributed by atoms with van der Waals surface area (Å²) in [4.78, 5) is 11.9. The van der Waals surface area contributed by atoms with E-state index in [4.69, 9.17) is 9.47 Å². The largest absolute Gasteiger partial charge is 0.487 e. The molecule has 5 heteroatoms. The van der Waals surface area contributed by atoms with Gasteiger partial charge in [-0.2, -0.15) is 0 Å². The molecule has 2 aliphatic rings. The topological polar surface area (TPSA) is 47.6 Å². The van der Waals surface area contributed by atoms with Crippen LogP contribution in [0.25, 0.3) is 0 Å². The fourth-order valence-electron chi connectivity index (χ4n) is 2.57. The SMILES string of the molecule is O=C(C[C@@H]1CCCO1)Nc1ccc(OC2CCC2)c(F)c1. The normalized spacial score (nSPS) is 21.9. The summed E-state index contributed by atoms with van der Waals surface area (Å²) in [7, 11) is 0. The van der Waals surface area contributed by atoms with Crippen LogP contribution in [-0.4, -0.2) is 24.7 Å². The lowest BCUT2D eigenvalue weighted by Gasteiger charge is -2.26. The Kier molecular flexibility index (Phi) is 4.39. The van der Waals surface area contributed by atoms with Crippen molar-refractivity contribution in [1.82, 2.24) is 0 Å². The van der Waals surface area contributed by atoms with Gasteiger partial charge in [0.15, 0.2) is 11.6 Å². The summed E-state index contributed by atoms with van der Waals surface area (Å²) in [5.41, 5.74) is 0.455. The van der Waals surface area contributed by atoms with Crippen molar-refractivity contribution < 1.29 is 18.7 Å². The quantitative estimate of drug-likeness (QED) is 0.906. The third kappa shape index (κ3) is 3.73. The van der Waals surface area contributed by atoms with Crippen LogP contribution in [0, 0.1) is 5.82 Å². The van der Waals surface area contributed by atoms with Crippen molar-refractivity contribution >= 4 is 11.6 Å². The Balaban J connectivity index is 1.54. The van der Waals surface area contributed by atoms with Gasteiger partial charge in [0.1, 0.15) is 0 Å². The zero-order valence-corrected chi connectivity index (χ0v) is 11.9. The zero-order valence-electron chi connectivity index (χ0n) is 11.9. The third-order valence-electron chi connectivity index (χ3n) is 4.00. The van der Waals surface area contributed by atoms with E-state index in [-0.39, 0.29) is 23.9 Å². The number of ether oxygens (including phenoxy) is 2. The van der Waals surface area contributed by atoms with E-state index in [1.807, 2.05) is 0 Å². The maximum absolute atomic E-state index is 13.9. The van der Waals surface area contributed by atoms with Gasteiger partial charge in [0.2, 0.25) is 5.91 Å². The zero-order chi connectivity index (χ0) is 14.7. The second kappa shape index (κ2) is 6.43. The number of halogens is 1. The summed E-state index contributed by atoms with van der Waals surface area (Å²) in [5, 5.41) is 2.70. The number of hydrogen-bond acceptors (Lipinski definition) is 3. The Labute approximate surface area is 123 Å². The Hall–Kier alpha value is -1.62. The number of carbonyl (C=O) groups is 1. The van der Waals surface area contributed by atoms with Crippen LogP contribution in [0.5, 0.6) is 5.75 Å². The van der Waals surface area contributed by atoms with Gasteiger partial charge in [-0.1, -0.05) is 0 Å². The summed E-state index contributed by atoms with van der Waals surface area (Å²) in [6, 6.07) is 4.56. The van der Waals surface area contributed by atoms with E-state index in [2.05, 4.69) is 5.32 Å². The summed E-state index contributed by atoms with van der Waals surface area (Å²) in [6.07, 6.45) is 5.48. The number of nitrogens with one attached hydrogen (secondary N) is 1. The fraction of sp³-hybridized carbons (Fsp3) is 0.562. The van der Waals surface area contributed by atoms with Crippen LogP contribution in [0.2, 0.25) is 0 Å². The van der Waals surface area contributed by atoms with E-state index >= 15 is 0 Å². The highest BCUT2D eigenvalue weighted by Gasteiger charge is 2.21. The first-order valence-electron chi connectivity index (χ1n) is 7.58. The number of amides is 1. The molecule has 0 aromatic heterocycles. The lowest BCUT2D eigenvalue weighted by atomic mass is 9.96. The van der Waals surface area contributed by atoms with Crippen LogP contribution < -0.4 is 10.1 Å². The van der Waals surface area contributed by atoms with Gasteiger partial charge in [0, 0.05) is 18.4 Å². The first-order valence-corrected chi connectivity index (χ1v) is 7.58. The molecule has 0 radical (unpaired) electrons. The average molecular weight is 293 g/mol. The van der Waals surface area contributed by atoms with Crippen molar-refractivity contribution in [3.05, 3.63) is 24.0 Å². The second-order valence-electron chi connectivity index (χ2n) is 5.70. The number of carbonyl (C=O) groups excluding carboxylic acids is 1. The smallest absolute Gasteiger partial charge is 0.226 e. The predicted molar refractivity (Wildman–Crippen MR) is 76.9 cm³/mol. The molecule has 2 fully saturated rings. The van der Waals surface area contributed by atoms with Gasteiger partial charge in [-0.05, 0) is 44.2 Å². The van der Waals surface area contributed by atoms with E-state index in [1.54, 1.807) is 12.1 Å². The molecule has 1 amide bonds. The van der Waals surface area contributed by atoms with Crippen LogP contribution >= 0.6 is 0 Å². The molecule has 1 aromatic carbocycles. The molecule has 1 aliphatic heterocycles.